The molecule has 0 saturated heterocycles. The smallest absolute Gasteiger partial charge is 0.328 e. The van der Waals surface area contributed by atoms with Crippen LogP contribution in [0.3, 0.4) is 0 Å². The summed E-state index contributed by atoms with van der Waals surface area (Å²) in [7, 11) is 0. The highest BCUT2D eigenvalue weighted by Crippen LogP contribution is 2.20. The summed E-state index contributed by atoms with van der Waals surface area (Å²) in [6, 6.07) is 2.54. The molecule has 0 radical (unpaired) electrons. The number of carboxylic acids is 1. The number of carbonyl (C=O) groups excluding carboxylic acids is 1. The van der Waals surface area contributed by atoms with Crippen molar-refractivity contribution in [3.63, 3.8) is 0 Å². The first kappa shape index (κ1) is 14.8. The van der Waals surface area contributed by atoms with Crippen molar-refractivity contribution >= 4 is 34.4 Å². The molecule has 2 aromatic rings. The molecule has 1 aromatic heterocycles. The SMILES string of the molecule is O=C(O)C=Cc1cnc(NC(=O)c2cc(F)ccc2F)s1. The molecule has 0 unspecified atom stereocenters. The highest BCUT2D eigenvalue weighted by Gasteiger charge is 2.14. The highest BCUT2D eigenvalue weighted by molar-refractivity contribution is 7.16. The van der Waals surface area contributed by atoms with Crippen molar-refractivity contribution in [3.8, 4) is 0 Å². The molecule has 2 N–H and O–H groups in total. The van der Waals surface area contributed by atoms with Crippen molar-refractivity contribution in [3.05, 3.63) is 52.5 Å². The second kappa shape index (κ2) is 6.23. The summed E-state index contributed by atoms with van der Waals surface area (Å²) in [5.41, 5.74) is -0.437. The molecule has 0 aliphatic carbocycles. The van der Waals surface area contributed by atoms with Crippen LogP contribution in [0.4, 0.5) is 13.9 Å². The number of rotatable bonds is 4. The highest BCUT2D eigenvalue weighted by atomic mass is 32.1. The molecule has 0 aliphatic heterocycles. The summed E-state index contributed by atoms with van der Waals surface area (Å²) in [5, 5.41) is 10.9. The standard InChI is InChI=1S/C13H8F2N2O3S/c14-7-1-3-10(15)9(5-7)12(20)17-13-16-6-8(21-13)2-4-11(18)19/h1-6H,(H,18,19)(H,16,17,20). The molecule has 1 heterocycles. The van der Waals surface area contributed by atoms with E-state index in [0.29, 0.717) is 4.88 Å². The van der Waals surface area contributed by atoms with Gasteiger partial charge in [0.05, 0.1) is 5.56 Å². The van der Waals surface area contributed by atoms with Gasteiger partial charge in [0, 0.05) is 17.2 Å². The third-order valence-corrected chi connectivity index (χ3v) is 3.19. The van der Waals surface area contributed by atoms with E-state index in [0.717, 1.165) is 35.6 Å². The van der Waals surface area contributed by atoms with Gasteiger partial charge < -0.3 is 5.11 Å². The average molecular weight is 310 g/mol. The van der Waals surface area contributed by atoms with Gasteiger partial charge in [0.2, 0.25) is 0 Å². The monoisotopic (exact) mass is 310 g/mol. The number of thiazole rings is 1. The number of aromatic nitrogens is 1. The van der Waals surface area contributed by atoms with E-state index in [1.165, 1.54) is 12.3 Å². The van der Waals surface area contributed by atoms with Crippen LogP contribution in [0.5, 0.6) is 0 Å². The van der Waals surface area contributed by atoms with Gasteiger partial charge in [-0.2, -0.15) is 0 Å². The van der Waals surface area contributed by atoms with E-state index in [4.69, 9.17) is 5.11 Å². The first-order chi connectivity index (χ1) is 9.95. The molecule has 0 saturated carbocycles. The molecule has 0 atom stereocenters. The number of nitrogens with one attached hydrogen (secondary N) is 1. The largest absolute Gasteiger partial charge is 0.478 e. The van der Waals surface area contributed by atoms with Crippen molar-refractivity contribution in [1.82, 2.24) is 4.98 Å². The van der Waals surface area contributed by atoms with Crippen LogP contribution in [0.1, 0.15) is 15.2 Å². The molecular formula is C13H8F2N2O3S. The van der Waals surface area contributed by atoms with Gasteiger partial charge in [-0.3, -0.25) is 10.1 Å². The van der Waals surface area contributed by atoms with Crippen molar-refractivity contribution in [2.24, 2.45) is 0 Å². The predicted octanol–water partition coefficient (Wildman–Crippen LogP) is 2.77. The van der Waals surface area contributed by atoms with Gasteiger partial charge in [0.15, 0.2) is 5.13 Å². The molecule has 108 valence electrons. The third kappa shape index (κ3) is 3.93. The van der Waals surface area contributed by atoms with Gasteiger partial charge >= 0.3 is 5.97 Å². The van der Waals surface area contributed by atoms with Crippen LogP contribution in [-0.4, -0.2) is 22.0 Å². The summed E-state index contributed by atoms with van der Waals surface area (Å²) in [5.74, 6) is -3.53. The maximum atomic E-state index is 13.4. The van der Waals surface area contributed by atoms with Crippen LogP contribution in [0.25, 0.3) is 6.08 Å². The Balaban J connectivity index is 2.13. The fraction of sp³-hybridized carbons (Fsp3) is 0. The zero-order valence-corrected chi connectivity index (χ0v) is 11.2. The first-order valence-electron chi connectivity index (χ1n) is 5.59. The maximum Gasteiger partial charge on any atom is 0.328 e. The Bertz CT molecular complexity index is 728. The number of nitrogens with zero attached hydrogens (tertiary/aromatic N) is 1. The van der Waals surface area contributed by atoms with E-state index >= 15 is 0 Å². The number of hydrogen-bond acceptors (Lipinski definition) is 4. The van der Waals surface area contributed by atoms with Crippen molar-refractivity contribution in [1.29, 1.82) is 0 Å². The lowest BCUT2D eigenvalue weighted by Crippen LogP contribution is -2.13. The number of carbonyl (C=O) groups is 2. The minimum atomic E-state index is -1.11. The molecular weight excluding hydrogens is 302 g/mol. The lowest BCUT2D eigenvalue weighted by atomic mass is 10.2. The molecule has 0 fully saturated rings. The van der Waals surface area contributed by atoms with E-state index in [1.807, 2.05) is 0 Å². The molecule has 8 heteroatoms. The van der Waals surface area contributed by atoms with E-state index in [-0.39, 0.29) is 5.13 Å². The third-order valence-electron chi connectivity index (χ3n) is 2.31. The zero-order valence-electron chi connectivity index (χ0n) is 10.3. The molecule has 1 amide bonds. The molecule has 1 aromatic carbocycles. The second-order valence-electron chi connectivity index (χ2n) is 3.82. The normalized spacial score (nSPS) is 10.8. The quantitative estimate of drug-likeness (QED) is 0.851. The van der Waals surface area contributed by atoms with E-state index < -0.39 is 29.1 Å². The van der Waals surface area contributed by atoms with E-state index in [1.54, 1.807) is 0 Å². The number of carboxylic acid groups (broad SMARTS) is 1. The summed E-state index contributed by atoms with van der Waals surface area (Å²) in [6.07, 6.45) is 3.57. The van der Waals surface area contributed by atoms with Gasteiger partial charge in [-0.05, 0) is 24.3 Å². The summed E-state index contributed by atoms with van der Waals surface area (Å²) < 4.78 is 26.4. The van der Waals surface area contributed by atoms with Crippen LogP contribution in [0.15, 0.2) is 30.5 Å². The van der Waals surface area contributed by atoms with Gasteiger partial charge in [-0.1, -0.05) is 11.3 Å². The minimum Gasteiger partial charge on any atom is -0.478 e. The number of halogens is 2. The Morgan fingerprint density at radius 3 is 2.81 bits per heavy atom. The summed E-state index contributed by atoms with van der Waals surface area (Å²) >= 11 is 0.999. The molecule has 0 bridgehead atoms. The number of hydrogen-bond donors (Lipinski definition) is 2. The zero-order chi connectivity index (χ0) is 15.4. The van der Waals surface area contributed by atoms with Crippen LogP contribution in [-0.2, 0) is 4.79 Å². The Morgan fingerprint density at radius 1 is 1.33 bits per heavy atom. The molecule has 2 rings (SSSR count). The summed E-state index contributed by atoms with van der Waals surface area (Å²) in [6.45, 7) is 0. The van der Waals surface area contributed by atoms with Gasteiger partial charge in [0.1, 0.15) is 11.6 Å². The number of benzene rings is 1. The Labute approximate surface area is 121 Å². The predicted molar refractivity (Wildman–Crippen MR) is 73.1 cm³/mol. The molecule has 21 heavy (non-hydrogen) atoms. The maximum absolute atomic E-state index is 13.4. The van der Waals surface area contributed by atoms with Crippen molar-refractivity contribution in [2.75, 3.05) is 5.32 Å². The van der Waals surface area contributed by atoms with Crippen LogP contribution in [0.2, 0.25) is 0 Å². The topological polar surface area (TPSA) is 79.3 Å². The number of amides is 1. The molecule has 0 aliphatic rings. The molecule has 0 spiro atoms. The second-order valence-corrected chi connectivity index (χ2v) is 4.88. The van der Waals surface area contributed by atoms with Crippen LogP contribution in [0, 0.1) is 11.6 Å². The van der Waals surface area contributed by atoms with Crippen LogP contribution >= 0.6 is 11.3 Å². The van der Waals surface area contributed by atoms with E-state index in [2.05, 4.69) is 10.3 Å². The number of anilines is 1. The van der Waals surface area contributed by atoms with E-state index in [9.17, 15) is 18.4 Å². The summed E-state index contributed by atoms with van der Waals surface area (Å²) in [4.78, 5) is 26.5. The lowest BCUT2D eigenvalue weighted by Gasteiger charge is -2.02. The molecule has 5 nitrogen and oxygen atoms in total. The number of aliphatic carboxylic acids is 1. The van der Waals surface area contributed by atoms with Gasteiger partial charge in [-0.25, -0.2) is 18.6 Å². The Morgan fingerprint density at radius 2 is 2.10 bits per heavy atom. The minimum absolute atomic E-state index is 0.147. The average Bonchev–Trinajstić information content (AvgIpc) is 2.86. The van der Waals surface area contributed by atoms with Crippen molar-refractivity contribution < 1.29 is 23.5 Å². The van der Waals surface area contributed by atoms with Crippen molar-refractivity contribution in [2.45, 2.75) is 0 Å². The fourth-order valence-corrected chi connectivity index (χ4v) is 2.12. The lowest BCUT2D eigenvalue weighted by molar-refractivity contribution is -0.131. The first-order valence-corrected chi connectivity index (χ1v) is 6.40. The van der Waals surface area contributed by atoms with Gasteiger partial charge in [0.25, 0.3) is 5.91 Å². The fourth-order valence-electron chi connectivity index (χ4n) is 1.41. The Kier molecular flexibility index (Phi) is 4.39. The Hall–Kier alpha value is -2.61. The van der Waals surface area contributed by atoms with Gasteiger partial charge in [-0.15, -0.1) is 0 Å². The van der Waals surface area contributed by atoms with Crippen LogP contribution < -0.4 is 5.32 Å².